The fraction of sp³-hybridized carbons (Fsp3) is 0.440. The third kappa shape index (κ3) is 7.89. The van der Waals surface area contributed by atoms with Crippen molar-refractivity contribution in [1.29, 1.82) is 0 Å². The minimum absolute atomic E-state index is 0. The number of esters is 1. The van der Waals surface area contributed by atoms with Gasteiger partial charge in [-0.3, -0.25) is 9.89 Å². The van der Waals surface area contributed by atoms with Gasteiger partial charge < -0.3 is 20.1 Å². The van der Waals surface area contributed by atoms with E-state index in [1.807, 2.05) is 24.3 Å². The summed E-state index contributed by atoms with van der Waals surface area (Å²) < 4.78 is 10.1. The summed E-state index contributed by atoms with van der Waals surface area (Å²) in [6.07, 6.45) is 3.32. The topological polar surface area (TPSA) is 75.2 Å². The van der Waals surface area contributed by atoms with Crippen molar-refractivity contribution in [2.75, 3.05) is 47.4 Å². The second-order valence-electron chi connectivity index (χ2n) is 7.85. The molecule has 3 rings (SSSR count). The summed E-state index contributed by atoms with van der Waals surface area (Å²) in [4.78, 5) is 18.5. The Hall–Kier alpha value is -2.33. The summed E-state index contributed by atoms with van der Waals surface area (Å²) in [5.74, 6) is 1.34. The molecule has 1 saturated heterocycles. The minimum atomic E-state index is -0.316. The van der Waals surface area contributed by atoms with Crippen LogP contribution in [0.3, 0.4) is 0 Å². The fourth-order valence-corrected chi connectivity index (χ4v) is 4.00. The highest BCUT2D eigenvalue weighted by atomic mass is 127. The first-order valence-corrected chi connectivity index (χ1v) is 11.1. The van der Waals surface area contributed by atoms with E-state index >= 15 is 0 Å². The van der Waals surface area contributed by atoms with E-state index in [2.05, 4.69) is 32.7 Å². The molecule has 2 aromatic carbocycles. The molecule has 2 N–H and O–H groups in total. The van der Waals surface area contributed by atoms with Gasteiger partial charge in [0, 0.05) is 20.1 Å². The molecule has 33 heavy (non-hydrogen) atoms. The number of carbonyl (C=O) groups excluding carboxylic acids is 1. The Morgan fingerprint density at radius 1 is 1.03 bits per heavy atom. The number of nitrogens with zero attached hydrogens (tertiary/aromatic N) is 2. The monoisotopic (exact) mass is 566 g/mol. The van der Waals surface area contributed by atoms with Gasteiger partial charge in [-0.25, -0.2) is 4.79 Å². The highest BCUT2D eigenvalue weighted by Gasteiger charge is 2.23. The Morgan fingerprint density at radius 3 is 2.27 bits per heavy atom. The molecule has 1 heterocycles. The van der Waals surface area contributed by atoms with Crippen molar-refractivity contribution < 1.29 is 14.3 Å². The number of rotatable bonds is 9. The van der Waals surface area contributed by atoms with Crippen LogP contribution in [0.5, 0.6) is 5.75 Å². The van der Waals surface area contributed by atoms with Crippen molar-refractivity contribution in [2.45, 2.75) is 25.3 Å². The normalized spacial score (nSPS) is 14.8. The quantitative estimate of drug-likeness (QED) is 0.209. The van der Waals surface area contributed by atoms with Crippen LogP contribution in [0, 0.1) is 0 Å². The summed E-state index contributed by atoms with van der Waals surface area (Å²) >= 11 is 0. The molecule has 8 heteroatoms. The maximum absolute atomic E-state index is 11.6. The highest BCUT2D eigenvalue weighted by Crippen LogP contribution is 2.26. The van der Waals surface area contributed by atoms with Crippen molar-refractivity contribution in [3.63, 3.8) is 0 Å². The Labute approximate surface area is 214 Å². The molecule has 1 atom stereocenters. The van der Waals surface area contributed by atoms with Gasteiger partial charge in [-0.15, -0.1) is 24.0 Å². The first-order chi connectivity index (χ1) is 15.6. The number of carbonyl (C=O) groups is 1. The Kier molecular flexibility index (Phi) is 11.5. The molecule has 1 aliphatic heterocycles. The average Bonchev–Trinajstić information content (AvgIpc) is 3.38. The molecule has 1 unspecified atom stereocenters. The molecule has 1 fully saturated rings. The number of guanidine groups is 1. The lowest BCUT2D eigenvalue weighted by molar-refractivity contribution is 0.0600. The Balaban J connectivity index is 0.00000385. The Bertz CT molecular complexity index is 882. The molecular formula is C25H35IN4O3. The van der Waals surface area contributed by atoms with Gasteiger partial charge in [-0.1, -0.05) is 24.3 Å². The predicted octanol–water partition coefficient (Wildman–Crippen LogP) is 3.64. The number of methoxy groups -OCH3 is 2. The van der Waals surface area contributed by atoms with Gasteiger partial charge in [0.1, 0.15) is 5.75 Å². The second kappa shape index (κ2) is 14.0. The predicted molar refractivity (Wildman–Crippen MR) is 143 cm³/mol. The molecule has 0 aromatic heterocycles. The summed E-state index contributed by atoms with van der Waals surface area (Å²) in [5.41, 5.74) is 2.99. The lowest BCUT2D eigenvalue weighted by Crippen LogP contribution is -2.43. The van der Waals surface area contributed by atoms with E-state index in [-0.39, 0.29) is 36.0 Å². The van der Waals surface area contributed by atoms with Crippen LogP contribution in [0.15, 0.2) is 53.5 Å². The number of aliphatic imine (C=N–C) groups is 1. The third-order valence-corrected chi connectivity index (χ3v) is 5.85. The number of halogens is 1. The highest BCUT2D eigenvalue weighted by molar-refractivity contribution is 14.0. The Morgan fingerprint density at radius 2 is 1.70 bits per heavy atom. The molecule has 1 aliphatic rings. The van der Waals surface area contributed by atoms with Crippen LogP contribution >= 0.6 is 24.0 Å². The van der Waals surface area contributed by atoms with Crippen molar-refractivity contribution in [3.8, 4) is 5.75 Å². The fourth-order valence-electron chi connectivity index (χ4n) is 4.00. The summed E-state index contributed by atoms with van der Waals surface area (Å²) in [6.45, 7) is 3.76. The molecular weight excluding hydrogens is 531 g/mol. The van der Waals surface area contributed by atoms with Crippen LogP contribution in [0.2, 0.25) is 0 Å². The van der Waals surface area contributed by atoms with Gasteiger partial charge in [0.05, 0.1) is 25.8 Å². The molecule has 0 bridgehead atoms. The molecule has 2 aromatic rings. The van der Waals surface area contributed by atoms with E-state index in [0.717, 1.165) is 49.9 Å². The largest absolute Gasteiger partial charge is 0.497 e. The first kappa shape index (κ1) is 26.9. The van der Waals surface area contributed by atoms with E-state index in [4.69, 9.17) is 9.47 Å². The van der Waals surface area contributed by atoms with Crippen LogP contribution in [0.4, 0.5) is 0 Å². The number of benzene rings is 2. The van der Waals surface area contributed by atoms with E-state index in [1.165, 1.54) is 25.5 Å². The third-order valence-electron chi connectivity index (χ3n) is 5.85. The van der Waals surface area contributed by atoms with Crippen LogP contribution in [0.1, 0.15) is 40.4 Å². The zero-order valence-corrected chi connectivity index (χ0v) is 22.0. The summed E-state index contributed by atoms with van der Waals surface area (Å²) in [5, 5.41) is 6.89. The van der Waals surface area contributed by atoms with E-state index < -0.39 is 0 Å². The van der Waals surface area contributed by atoms with Gasteiger partial charge >= 0.3 is 5.97 Å². The first-order valence-electron chi connectivity index (χ1n) is 11.1. The van der Waals surface area contributed by atoms with E-state index in [1.54, 1.807) is 26.3 Å². The molecule has 0 aliphatic carbocycles. The van der Waals surface area contributed by atoms with E-state index in [0.29, 0.717) is 5.56 Å². The lowest BCUT2D eigenvalue weighted by Gasteiger charge is -2.29. The zero-order chi connectivity index (χ0) is 22.8. The number of likely N-dealkylation sites (tertiary alicyclic amines) is 1. The van der Waals surface area contributed by atoms with Crippen LogP contribution in [0.25, 0.3) is 0 Å². The van der Waals surface area contributed by atoms with Crippen molar-refractivity contribution in [3.05, 3.63) is 65.2 Å². The molecule has 0 radical (unpaired) electrons. The summed E-state index contributed by atoms with van der Waals surface area (Å²) in [6, 6.07) is 16.1. The van der Waals surface area contributed by atoms with Crippen LogP contribution in [-0.4, -0.2) is 64.3 Å². The van der Waals surface area contributed by atoms with Crippen LogP contribution < -0.4 is 15.4 Å². The molecule has 7 nitrogen and oxygen atoms in total. The van der Waals surface area contributed by atoms with E-state index in [9.17, 15) is 4.79 Å². The van der Waals surface area contributed by atoms with Gasteiger partial charge in [0.2, 0.25) is 0 Å². The second-order valence-corrected chi connectivity index (χ2v) is 7.85. The maximum atomic E-state index is 11.6. The lowest BCUT2D eigenvalue weighted by atomic mass is 10.1. The zero-order valence-electron chi connectivity index (χ0n) is 19.7. The van der Waals surface area contributed by atoms with Gasteiger partial charge in [0.15, 0.2) is 5.96 Å². The molecule has 0 amide bonds. The van der Waals surface area contributed by atoms with Crippen molar-refractivity contribution in [2.24, 2.45) is 4.99 Å². The average molecular weight is 566 g/mol. The van der Waals surface area contributed by atoms with Crippen LogP contribution in [-0.2, 0) is 11.2 Å². The summed E-state index contributed by atoms with van der Waals surface area (Å²) in [7, 11) is 4.87. The molecule has 180 valence electrons. The number of nitrogens with one attached hydrogen (secondary N) is 2. The van der Waals surface area contributed by atoms with Crippen molar-refractivity contribution >= 4 is 35.9 Å². The maximum Gasteiger partial charge on any atom is 0.337 e. The number of hydrogen-bond donors (Lipinski definition) is 2. The van der Waals surface area contributed by atoms with Gasteiger partial charge in [-0.2, -0.15) is 0 Å². The SMILES string of the molecule is CN=C(NCCc1ccc(C(=O)OC)cc1)NCC(c1ccc(OC)cc1)N1CCCC1.I. The number of ether oxygens (including phenoxy) is 2. The minimum Gasteiger partial charge on any atom is -0.497 e. The number of hydrogen-bond acceptors (Lipinski definition) is 5. The van der Waals surface area contributed by atoms with Gasteiger partial charge in [-0.05, 0) is 67.7 Å². The molecule has 0 saturated carbocycles. The van der Waals surface area contributed by atoms with Crippen molar-refractivity contribution in [1.82, 2.24) is 15.5 Å². The molecule has 0 spiro atoms. The van der Waals surface area contributed by atoms with Gasteiger partial charge in [0.25, 0.3) is 0 Å². The standard InChI is InChI=1S/C25H34N4O3.HI/c1-26-25(27-15-14-19-6-8-21(9-7-19)24(30)32-3)28-18-23(29-16-4-5-17-29)20-10-12-22(31-2)13-11-20;/h6-13,23H,4-5,14-18H2,1-3H3,(H2,26,27,28);1H. The smallest absolute Gasteiger partial charge is 0.337 e.